The highest BCUT2D eigenvalue weighted by atomic mass is 16.2. The highest BCUT2D eigenvalue weighted by molar-refractivity contribution is 6.09. The van der Waals surface area contributed by atoms with E-state index in [2.05, 4.69) is 36.4 Å². The Hall–Kier alpha value is -2.10. The minimum atomic E-state index is -0.265. The average molecular weight is 271 g/mol. The number of nitrogens with zero attached hydrogens (tertiary/aromatic N) is 1. The van der Waals surface area contributed by atoms with Gasteiger partial charge in [0.15, 0.2) is 0 Å². The Balaban J connectivity index is 1.93. The van der Waals surface area contributed by atoms with Crippen LogP contribution in [0, 0.1) is 12.3 Å². The first-order valence-electron chi connectivity index (χ1n) is 6.75. The zero-order valence-electron chi connectivity index (χ0n) is 12.4. The van der Waals surface area contributed by atoms with Gasteiger partial charge in [-0.2, -0.15) is 0 Å². The Morgan fingerprint density at radius 1 is 1.15 bits per heavy atom. The van der Waals surface area contributed by atoms with Crippen LogP contribution in [0.15, 0.2) is 40.9 Å². The van der Waals surface area contributed by atoms with Crippen molar-refractivity contribution in [2.45, 2.75) is 27.7 Å². The normalized spacial score (nSPS) is 14.6. The van der Waals surface area contributed by atoms with Crippen LogP contribution in [0.3, 0.4) is 0 Å². The van der Waals surface area contributed by atoms with Crippen molar-refractivity contribution in [2.24, 2.45) is 10.4 Å². The van der Waals surface area contributed by atoms with E-state index in [0.717, 1.165) is 11.3 Å². The molecule has 0 saturated carbocycles. The Labute approximate surface area is 120 Å². The van der Waals surface area contributed by atoms with E-state index >= 15 is 0 Å². The van der Waals surface area contributed by atoms with E-state index in [0.29, 0.717) is 12.4 Å². The lowest BCUT2D eigenvalue weighted by Gasteiger charge is -2.18. The predicted octanol–water partition coefficient (Wildman–Crippen LogP) is 3.50. The summed E-state index contributed by atoms with van der Waals surface area (Å²) in [6.07, 6.45) is 1.95. The molecule has 4 nitrogen and oxygen atoms in total. The second-order valence-electron chi connectivity index (χ2n) is 6.07. The minimum Gasteiger partial charge on any atom is -0.308 e. The second-order valence-corrected chi connectivity index (χ2v) is 6.07. The van der Waals surface area contributed by atoms with E-state index in [9.17, 15) is 4.79 Å². The molecule has 1 aliphatic rings. The van der Waals surface area contributed by atoms with Crippen molar-refractivity contribution >= 4 is 17.6 Å². The molecule has 0 bridgehead atoms. The smallest absolute Gasteiger partial charge is 0.308 e. The molecule has 0 saturated heterocycles. The van der Waals surface area contributed by atoms with Crippen LogP contribution in [0.4, 0.5) is 10.5 Å². The first-order valence-corrected chi connectivity index (χ1v) is 6.75. The summed E-state index contributed by atoms with van der Waals surface area (Å²) in [6, 6.07) is 7.41. The van der Waals surface area contributed by atoms with Crippen molar-refractivity contribution in [3.8, 4) is 0 Å². The number of carbonyl (C=O) groups excluding carboxylic acids is 1. The van der Waals surface area contributed by atoms with Crippen LogP contribution in [0.2, 0.25) is 0 Å². The number of rotatable bonds is 1. The summed E-state index contributed by atoms with van der Waals surface area (Å²) in [5, 5.41) is 5.56. The number of carbonyl (C=O) groups is 1. The van der Waals surface area contributed by atoms with Gasteiger partial charge in [0.05, 0.1) is 6.54 Å². The van der Waals surface area contributed by atoms with E-state index in [1.54, 1.807) is 0 Å². The topological polar surface area (TPSA) is 53.5 Å². The summed E-state index contributed by atoms with van der Waals surface area (Å²) >= 11 is 0. The van der Waals surface area contributed by atoms with Crippen molar-refractivity contribution in [3.05, 3.63) is 41.5 Å². The fraction of sp³-hybridized carbons (Fsp3) is 0.375. The van der Waals surface area contributed by atoms with Gasteiger partial charge in [0.1, 0.15) is 5.84 Å². The molecule has 2 N–H and O–H groups in total. The molecule has 0 unspecified atom stereocenters. The van der Waals surface area contributed by atoms with Crippen LogP contribution in [0.5, 0.6) is 0 Å². The molecule has 1 aromatic carbocycles. The lowest BCUT2D eigenvalue weighted by molar-refractivity contribution is 0.256. The van der Waals surface area contributed by atoms with Gasteiger partial charge < -0.3 is 5.32 Å². The fourth-order valence-electron chi connectivity index (χ4n) is 1.87. The number of benzene rings is 1. The molecule has 20 heavy (non-hydrogen) atoms. The maximum Gasteiger partial charge on any atom is 0.324 e. The maximum atomic E-state index is 11.9. The standard InChI is InChI=1S/C16H21N3O/c1-11-5-7-13(8-6-11)18-15(20)19-14-9-12(10-17-14)16(2,3)4/h5-9H,10H2,1-4H3,(H2,17,18,19,20). The number of anilines is 1. The molecule has 0 fully saturated rings. The highest BCUT2D eigenvalue weighted by Crippen LogP contribution is 2.27. The Morgan fingerprint density at radius 3 is 2.35 bits per heavy atom. The van der Waals surface area contributed by atoms with E-state index < -0.39 is 0 Å². The molecule has 1 aliphatic heterocycles. The SMILES string of the molecule is Cc1ccc(NC(=O)NC2=NCC(C(C)(C)C)=C2)cc1. The quantitative estimate of drug-likeness (QED) is 0.807. The zero-order valence-corrected chi connectivity index (χ0v) is 12.4. The number of aliphatic imine (C=N–C) groups is 1. The van der Waals surface area contributed by atoms with Gasteiger partial charge in [-0.1, -0.05) is 38.5 Å². The molecule has 2 rings (SSSR count). The van der Waals surface area contributed by atoms with Crippen LogP contribution in [0.1, 0.15) is 26.3 Å². The lowest BCUT2D eigenvalue weighted by atomic mass is 9.87. The molecular formula is C16H21N3O. The zero-order chi connectivity index (χ0) is 14.8. The number of hydrogen-bond acceptors (Lipinski definition) is 2. The summed E-state index contributed by atoms with van der Waals surface area (Å²) < 4.78 is 0. The van der Waals surface area contributed by atoms with Gasteiger partial charge in [-0.3, -0.25) is 10.3 Å². The van der Waals surface area contributed by atoms with E-state index in [-0.39, 0.29) is 11.4 Å². The van der Waals surface area contributed by atoms with E-state index in [4.69, 9.17) is 0 Å². The van der Waals surface area contributed by atoms with Crippen LogP contribution < -0.4 is 10.6 Å². The maximum absolute atomic E-state index is 11.9. The van der Waals surface area contributed by atoms with Crippen LogP contribution in [-0.2, 0) is 0 Å². The van der Waals surface area contributed by atoms with Gasteiger partial charge in [0.2, 0.25) is 0 Å². The highest BCUT2D eigenvalue weighted by Gasteiger charge is 2.21. The molecule has 0 radical (unpaired) electrons. The molecule has 2 amide bonds. The number of amides is 2. The Bertz CT molecular complexity index is 562. The van der Waals surface area contributed by atoms with E-state index in [1.165, 1.54) is 5.57 Å². The number of nitrogens with one attached hydrogen (secondary N) is 2. The number of urea groups is 1. The van der Waals surface area contributed by atoms with Gasteiger partial charge in [0.25, 0.3) is 0 Å². The molecule has 0 atom stereocenters. The monoisotopic (exact) mass is 271 g/mol. The molecule has 4 heteroatoms. The summed E-state index contributed by atoms with van der Waals surface area (Å²) in [7, 11) is 0. The molecule has 0 spiro atoms. The minimum absolute atomic E-state index is 0.0837. The summed E-state index contributed by atoms with van der Waals surface area (Å²) in [5.74, 6) is 0.625. The Kier molecular flexibility index (Phi) is 3.93. The fourth-order valence-corrected chi connectivity index (χ4v) is 1.87. The third-order valence-corrected chi connectivity index (χ3v) is 3.25. The third kappa shape index (κ3) is 3.70. The molecular weight excluding hydrogens is 250 g/mol. The van der Waals surface area contributed by atoms with Crippen molar-refractivity contribution in [2.75, 3.05) is 11.9 Å². The van der Waals surface area contributed by atoms with Crippen molar-refractivity contribution in [1.29, 1.82) is 0 Å². The largest absolute Gasteiger partial charge is 0.324 e. The van der Waals surface area contributed by atoms with Crippen molar-refractivity contribution < 1.29 is 4.79 Å². The summed E-state index contributed by atoms with van der Waals surface area (Å²) in [4.78, 5) is 16.2. The first kappa shape index (κ1) is 14.3. The van der Waals surface area contributed by atoms with Gasteiger partial charge in [-0.05, 0) is 36.1 Å². The number of amidine groups is 1. The average Bonchev–Trinajstić information content (AvgIpc) is 2.80. The van der Waals surface area contributed by atoms with Crippen LogP contribution >= 0.6 is 0 Å². The first-order chi connectivity index (χ1) is 9.34. The Morgan fingerprint density at radius 2 is 1.80 bits per heavy atom. The van der Waals surface area contributed by atoms with Gasteiger partial charge in [-0.15, -0.1) is 0 Å². The van der Waals surface area contributed by atoms with Crippen LogP contribution in [-0.4, -0.2) is 18.4 Å². The van der Waals surface area contributed by atoms with Crippen LogP contribution in [0.25, 0.3) is 0 Å². The number of hydrogen-bond donors (Lipinski definition) is 2. The van der Waals surface area contributed by atoms with Gasteiger partial charge >= 0.3 is 6.03 Å². The molecule has 1 aromatic rings. The molecule has 0 aromatic heterocycles. The van der Waals surface area contributed by atoms with Gasteiger partial charge in [0, 0.05) is 5.69 Å². The second kappa shape index (κ2) is 5.49. The number of aryl methyl sites for hydroxylation is 1. The lowest BCUT2D eigenvalue weighted by Crippen LogP contribution is -2.32. The van der Waals surface area contributed by atoms with E-state index in [1.807, 2.05) is 37.3 Å². The molecule has 1 heterocycles. The third-order valence-electron chi connectivity index (χ3n) is 3.25. The molecule has 106 valence electrons. The summed E-state index contributed by atoms with van der Waals surface area (Å²) in [6.45, 7) is 9.09. The van der Waals surface area contributed by atoms with Crippen molar-refractivity contribution in [3.63, 3.8) is 0 Å². The predicted molar refractivity (Wildman–Crippen MR) is 83.2 cm³/mol. The molecule has 0 aliphatic carbocycles. The summed E-state index contributed by atoms with van der Waals surface area (Å²) in [5.41, 5.74) is 3.24. The van der Waals surface area contributed by atoms with Gasteiger partial charge in [-0.25, -0.2) is 4.79 Å². The van der Waals surface area contributed by atoms with Crippen molar-refractivity contribution in [1.82, 2.24) is 5.32 Å².